The number of nitrogens with zero attached hydrogens (tertiary/aromatic N) is 1. The van der Waals surface area contributed by atoms with Crippen molar-refractivity contribution in [1.82, 2.24) is 4.90 Å². The Labute approximate surface area is 83.5 Å². The fourth-order valence-corrected chi connectivity index (χ4v) is 2.17. The van der Waals surface area contributed by atoms with Crippen LogP contribution in [0.25, 0.3) is 0 Å². The summed E-state index contributed by atoms with van der Waals surface area (Å²) in [7, 11) is 0. The zero-order valence-corrected chi connectivity index (χ0v) is 9.71. The van der Waals surface area contributed by atoms with Crippen LogP contribution in [0.5, 0.6) is 0 Å². The van der Waals surface area contributed by atoms with E-state index in [2.05, 4.69) is 32.6 Å². The minimum Gasteiger partial charge on any atom is -0.298 e. The van der Waals surface area contributed by atoms with E-state index in [4.69, 9.17) is 0 Å². The SMILES string of the molecule is CCCN(C(C)CC)C(C)C1CC1. The van der Waals surface area contributed by atoms with Gasteiger partial charge < -0.3 is 0 Å². The maximum Gasteiger partial charge on any atom is 0.00980 e. The third-order valence-corrected chi connectivity index (χ3v) is 3.47. The van der Waals surface area contributed by atoms with Crippen LogP contribution in [0.3, 0.4) is 0 Å². The van der Waals surface area contributed by atoms with E-state index in [1.54, 1.807) is 0 Å². The highest BCUT2D eigenvalue weighted by molar-refractivity contribution is 4.86. The van der Waals surface area contributed by atoms with E-state index in [0.717, 1.165) is 18.0 Å². The number of hydrogen-bond donors (Lipinski definition) is 0. The van der Waals surface area contributed by atoms with E-state index in [9.17, 15) is 0 Å². The highest BCUT2D eigenvalue weighted by Gasteiger charge is 2.32. The van der Waals surface area contributed by atoms with Crippen LogP contribution in [0.4, 0.5) is 0 Å². The van der Waals surface area contributed by atoms with E-state index in [-0.39, 0.29) is 0 Å². The van der Waals surface area contributed by atoms with Crippen LogP contribution in [0, 0.1) is 5.92 Å². The summed E-state index contributed by atoms with van der Waals surface area (Å²) in [5.41, 5.74) is 0. The van der Waals surface area contributed by atoms with E-state index in [0.29, 0.717) is 0 Å². The van der Waals surface area contributed by atoms with Gasteiger partial charge in [0.25, 0.3) is 0 Å². The number of rotatable bonds is 6. The van der Waals surface area contributed by atoms with Crippen LogP contribution < -0.4 is 0 Å². The van der Waals surface area contributed by atoms with E-state index < -0.39 is 0 Å². The number of hydrogen-bond acceptors (Lipinski definition) is 1. The van der Waals surface area contributed by atoms with Gasteiger partial charge in [-0.1, -0.05) is 13.8 Å². The quantitative estimate of drug-likeness (QED) is 0.611. The molecule has 0 radical (unpaired) electrons. The van der Waals surface area contributed by atoms with Gasteiger partial charge in [0.15, 0.2) is 0 Å². The molecule has 1 heteroatoms. The van der Waals surface area contributed by atoms with Crippen LogP contribution >= 0.6 is 0 Å². The standard InChI is InChI=1S/C12H25N/c1-5-9-13(10(3)6-2)11(4)12-7-8-12/h10-12H,5-9H2,1-4H3. The Kier molecular flexibility index (Phi) is 4.24. The van der Waals surface area contributed by atoms with Gasteiger partial charge in [-0.05, 0) is 52.0 Å². The van der Waals surface area contributed by atoms with Crippen molar-refractivity contribution in [1.29, 1.82) is 0 Å². The molecule has 0 aromatic heterocycles. The predicted molar refractivity (Wildman–Crippen MR) is 58.9 cm³/mol. The van der Waals surface area contributed by atoms with E-state index in [1.807, 2.05) is 0 Å². The van der Waals surface area contributed by atoms with E-state index >= 15 is 0 Å². The van der Waals surface area contributed by atoms with Gasteiger partial charge in [0.1, 0.15) is 0 Å². The molecule has 1 aliphatic rings. The van der Waals surface area contributed by atoms with Crippen molar-refractivity contribution >= 4 is 0 Å². The van der Waals surface area contributed by atoms with Crippen LogP contribution in [-0.4, -0.2) is 23.5 Å². The van der Waals surface area contributed by atoms with Crippen LogP contribution in [-0.2, 0) is 0 Å². The van der Waals surface area contributed by atoms with Crippen molar-refractivity contribution in [3.05, 3.63) is 0 Å². The Morgan fingerprint density at radius 2 is 1.85 bits per heavy atom. The zero-order valence-electron chi connectivity index (χ0n) is 9.71. The second-order valence-electron chi connectivity index (χ2n) is 4.57. The molecule has 1 rings (SSSR count). The van der Waals surface area contributed by atoms with Gasteiger partial charge in [-0.2, -0.15) is 0 Å². The molecule has 0 amide bonds. The molecule has 0 spiro atoms. The normalized spacial score (nSPS) is 21.9. The molecule has 78 valence electrons. The van der Waals surface area contributed by atoms with Crippen molar-refractivity contribution in [2.45, 2.75) is 65.5 Å². The van der Waals surface area contributed by atoms with Crippen molar-refractivity contribution in [2.75, 3.05) is 6.54 Å². The first-order valence-electron chi connectivity index (χ1n) is 5.96. The molecular weight excluding hydrogens is 158 g/mol. The van der Waals surface area contributed by atoms with Gasteiger partial charge in [0, 0.05) is 12.1 Å². The first-order chi connectivity index (χ1) is 6.20. The lowest BCUT2D eigenvalue weighted by Crippen LogP contribution is -2.41. The monoisotopic (exact) mass is 183 g/mol. The van der Waals surface area contributed by atoms with Crippen LogP contribution in [0.1, 0.15) is 53.4 Å². The van der Waals surface area contributed by atoms with Crippen molar-refractivity contribution < 1.29 is 0 Å². The average Bonchev–Trinajstić information content (AvgIpc) is 2.95. The first kappa shape index (κ1) is 11.0. The fourth-order valence-electron chi connectivity index (χ4n) is 2.17. The molecule has 13 heavy (non-hydrogen) atoms. The smallest absolute Gasteiger partial charge is 0.00980 e. The van der Waals surface area contributed by atoms with Gasteiger partial charge in [-0.15, -0.1) is 0 Å². The minimum absolute atomic E-state index is 0.774. The zero-order chi connectivity index (χ0) is 9.84. The summed E-state index contributed by atoms with van der Waals surface area (Å²) in [5, 5.41) is 0. The summed E-state index contributed by atoms with van der Waals surface area (Å²) in [6.07, 6.45) is 5.52. The lowest BCUT2D eigenvalue weighted by molar-refractivity contribution is 0.135. The lowest BCUT2D eigenvalue weighted by atomic mass is 10.1. The topological polar surface area (TPSA) is 3.24 Å². The van der Waals surface area contributed by atoms with Crippen molar-refractivity contribution in [2.24, 2.45) is 5.92 Å². The average molecular weight is 183 g/mol. The Morgan fingerprint density at radius 3 is 2.23 bits per heavy atom. The van der Waals surface area contributed by atoms with Gasteiger partial charge in [0.2, 0.25) is 0 Å². The highest BCUT2D eigenvalue weighted by atomic mass is 15.2. The summed E-state index contributed by atoms with van der Waals surface area (Å²) >= 11 is 0. The predicted octanol–water partition coefficient (Wildman–Crippen LogP) is 3.30. The molecule has 1 aliphatic carbocycles. The molecule has 0 aliphatic heterocycles. The molecule has 0 aromatic carbocycles. The molecule has 1 nitrogen and oxygen atoms in total. The summed E-state index contributed by atoms with van der Waals surface area (Å²) in [5.74, 6) is 1.01. The van der Waals surface area contributed by atoms with Gasteiger partial charge >= 0.3 is 0 Å². The largest absolute Gasteiger partial charge is 0.298 e. The third kappa shape index (κ3) is 2.98. The Hall–Kier alpha value is -0.0400. The molecule has 1 fully saturated rings. The lowest BCUT2D eigenvalue weighted by Gasteiger charge is -2.34. The molecule has 0 saturated heterocycles. The Balaban J connectivity index is 2.43. The molecule has 2 unspecified atom stereocenters. The highest BCUT2D eigenvalue weighted by Crippen LogP contribution is 2.36. The summed E-state index contributed by atoms with van der Waals surface area (Å²) in [6, 6.07) is 1.60. The molecule has 0 aromatic rings. The summed E-state index contributed by atoms with van der Waals surface area (Å²) in [4.78, 5) is 2.71. The second kappa shape index (κ2) is 4.99. The molecule has 0 N–H and O–H groups in total. The fraction of sp³-hybridized carbons (Fsp3) is 1.00. The molecule has 1 saturated carbocycles. The van der Waals surface area contributed by atoms with Crippen LogP contribution in [0.2, 0.25) is 0 Å². The van der Waals surface area contributed by atoms with Crippen molar-refractivity contribution in [3.8, 4) is 0 Å². The Morgan fingerprint density at radius 1 is 1.23 bits per heavy atom. The third-order valence-electron chi connectivity index (χ3n) is 3.47. The maximum atomic E-state index is 2.71. The first-order valence-corrected chi connectivity index (χ1v) is 5.96. The molecule has 0 bridgehead atoms. The minimum atomic E-state index is 0.774. The van der Waals surface area contributed by atoms with Gasteiger partial charge in [-0.25, -0.2) is 0 Å². The molecule has 2 atom stereocenters. The van der Waals surface area contributed by atoms with E-state index in [1.165, 1.54) is 32.2 Å². The van der Waals surface area contributed by atoms with Gasteiger partial charge in [-0.3, -0.25) is 4.90 Å². The maximum absolute atomic E-state index is 2.71. The Bertz CT molecular complexity index is 140. The second-order valence-corrected chi connectivity index (χ2v) is 4.57. The van der Waals surface area contributed by atoms with Crippen molar-refractivity contribution in [3.63, 3.8) is 0 Å². The molecular formula is C12H25N. The summed E-state index contributed by atoms with van der Waals surface area (Å²) < 4.78 is 0. The summed E-state index contributed by atoms with van der Waals surface area (Å²) in [6.45, 7) is 10.7. The van der Waals surface area contributed by atoms with Crippen LogP contribution in [0.15, 0.2) is 0 Å². The van der Waals surface area contributed by atoms with Gasteiger partial charge in [0.05, 0.1) is 0 Å². The molecule has 0 heterocycles.